The summed E-state index contributed by atoms with van der Waals surface area (Å²) >= 11 is 0. The monoisotopic (exact) mass is 302 g/mol. The fourth-order valence-electron chi connectivity index (χ4n) is 1.79. The maximum atomic E-state index is 5.53. The maximum absolute atomic E-state index is 5.53. The van der Waals surface area contributed by atoms with Gasteiger partial charge in [-0.1, -0.05) is 54.6 Å². The molecular formula is C16H19ClN4. The molecule has 2 rings (SSSR count). The van der Waals surface area contributed by atoms with Crippen LogP contribution in [0.15, 0.2) is 64.7 Å². The van der Waals surface area contributed by atoms with Gasteiger partial charge < -0.3 is 5.73 Å². The predicted molar refractivity (Wildman–Crippen MR) is 92.0 cm³/mol. The number of guanidine groups is 1. The summed E-state index contributed by atoms with van der Waals surface area (Å²) < 4.78 is 0. The average molecular weight is 303 g/mol. The van der Waals surface area contributed by atoms with E-state index in [1.54, 1.807) is 7.05 Å². The lowest BCUT2D eigenvalue weighted by atomic mass is 10.0. The molecule has 0 fully saturated rings. The van der Waals surface area contributed by atoms with Gasteiger partial charge in [-0.25, -0.2) is 5.43 Å². The van der Waals surface area contributed by atoms with Crippen molar-refractivity contribution in [2.24, 2.45) is 15.8 Å². The molecule has 0 aliphatic carbocycles. The number of rotatable bonds is 3. The van der Waals surface area contributed by atoms with Crippen LogP contribution in [0.1, 0.15) is 12.5 Å². The van der Waals surface area contributed by atoms with Gasteiger partial charge in [-0.15, -0.1) is 12.4 Å². The number of halogens is 1. The molecule has 110 valence electrons. The van der Waals surface area contributed by atoms with Crippen LogP contribution in [0, 0.1) is 0 Å². The number of hydrazone groups is 1. The highest BCUT2D eigenvalue weighted by Gasteiger charge is 2.00. The molecule has 0 spiro atoms. The van der Waals surface area contributed by atoms with Crippen molar-refractivity contribution in [2.45, 2.75) is 6.92 Å². The average Bonchev–Trinajstić information content (AvgIpc) is 2.53. The zero-order valence-electron chi connectivity index (χ0n) is 12.1. The fraction of sp³-hybridized carbons (Fsp3) is 0.125. The summed E-state index contributed by atoms with van der Waals surface area (Å²) in [6, 6.07) is 18.5. The standard InChI is InChI=1S/C16H18N4.ClH/c1-12(19-20-16(17)18-2)13-8-10-15(11-9-13)14-6-4-3-5-7-14;/h3-11H,1-2H3,(H3,17,18,20);1H. The lowest BCUT2D eigenvalue weighted by molar-refractivity contribution is 0.997. The van der Waals surface area contributed by atoms with Gasteiger partial charge >= 0.3 is 0 Å². The summed E-state index contributed by atoms with van der Waals surface area (Å²) in [5.41, 5.74) is 12.5. The minimum Gasteiger partial charge on any atom is -0.369 e. The Bertz CT molecular complexity index is 618. The van der Waals surface area contributed by atoms with E-state index in [-0.39, 0.29) is 12.4 Å². The van der Waals surface area contributed by atoms with Gasteiger partial charge in [-0.2, -0.15) is 5.10 Å². The summed E-state index contributed by atoms with van der Waals surface area (Å²) in [5.74, 6) is 0.297. The Kier molecular flexibility index (Phi) is 6.43. The lowest BCUT2D eigenvalue weighted by Gasteiger charge is -2.05. The van der Waals surface area contributed by atoms with Gasteiger partial charge in [-0.05, 0) is 23.6 Å². The van der Waals surface area contributed by atoms with Crippen molar-refractivity contribution in [3.8, 4) is 11.1 Å². The van der Waals surface area contributed by atoms with Crippen LogP contribution in [-0.4, -0.2) is 18.7 Å². The Labute approximate surface area is 131 Å². The largest absolute Gasteiger partial charge is 0.369 e. The van der Waals surface area contributed by atoms with E-state index in [9.17, 15) is 0 Å². The Morgan fingerprint density at radius 2 is 1.52 bits per heavy atom. The first-order valence-corrected chi connectivity index (χ1v) is 6.39. The van der Waals surface area contributed by atoms with Gasteiger partial charge in [0.25, 0.3) is 0 Å². The highest BCUT2D eigenvalue weighted by Crippen LogP contribution is 2.19. The molecule has 0 aromatic heterocycles. The Morgan fingerprint density at radius 3 is 2.10 bits per heavy atom. The molecule has 0 aliphatic heterocycles. The fourth-order valence-corrected chi connectivity index (χ4v) is 1.79. The predicted octanol–water partition coefficient (Wildman–Crippen LogP) is 3.03. The van der Waals surface area contributed by atoms with Crippen LogP contribution in [0.3, 0.4) is 0 Å². The molecule has 0 heterocycles. The van der Waals surface area contributed by atoms with E-state index in [4.69, 9.17) is 5.73 Å². The number of nitrogens with two attached hydrogens (primary N) is 1. The highest BCUT2D eigenvalue weighted by molar-refractivity contribution is 5.99. The van der Waals surface area contributed by atoms with E-state index in [1.807, 2.05) is 37.3 Å². The summed E-state index contributed by atoms with van der Waals surface area (Å²) in [7, 11) is 1.61. The van der Waals surface area contributed by atoms with Crippen LogP contribution >= 0.6 is 12.4 Å². The summed E-state index contributed by atoms with van der Waals surface area (Å²) in [4.78, 5) is 3.78. The third-order valence-electron chi connectivity index (χ3n) is 2.99. The second-order valence-corrected chi connectivity index (χ2v) is 4.36. The molecule has 0 amide bonds. The number of hydrogen-bond acceptors (Lipinski definition) is 2. The molecule has 5 heteroatoms. The molecule has 2 aromatic rings. The topological polar surface area (TPSA) is 62.8 Å². The summed E-state index contributed by atoms with van der Waals surface area (Å²) in [6.45, 7) is 1.92. The first-order valence-electron chi connectivity index (χ1n) is 6.39. The van der Waals surface area contributed by atoms with Crippen molar-refractivity contribution in [3.63, 3.8) is 0 Å². The molecule has 3 N–H and O–H groups in total. The normalized spacial score (nSPS) is 11.7. The number of benzene rings is 2. The Morgan fingerprint density at radius 1 is 0.952 bits per heavy atom. The second kappa shape index (κ2) is 8.07. The van der Waals surface area contributed by atoms with Crippen LogP contribution in [0.4, 0.5) is 0 Å². The van der Waals surface area contributed by atoms with Gasteiger partial charge in [0.15, 0.2) is 0 Å². The molecule has 0 unspecified atom stereocenters. The van der Waals surface area contributed by atoms with E-state index < -0.39 is 0 Å². The van der Waals surface area contributed by atoms with Crippen LogP contribution in [0.5, 0.6) is 0 Å². The first kappa shape index (κ1) is 16.7. The van der Waals surface area contributed by atoms with Crippen LogP contribution < -0.4 is 11.2 Å². The minimum absolute atomic E-state index is 0. The molecule has 21 heavy (non-hydrogen) atoms. The molecule has 0 aliphatic rings. The van der Waals surface area contributed by atoms with Crippen molar-refractivity contribution in [3.05, 3.63) is 60.2 Å². The van der Waals surface area contributed by atoms with Gasteiger partial charge in [0, 0.05) is 7.05 Å². The summed E-state index contributed by atoms with van der Waals surface area (Å²) in [6.07, 6.45) is 0. The zero-order chi connectivity index (χ0) is 14.4. The van der Waals surface area contributed by atoms with Crippen LogP contribution in [0.2, 0.25) is 0 Å². The number of nitrogens with zero attached hydrogens (tertiary/aromatic N) is 2. The number of nitrogens with one attached hydrogen (secondary N) is 1. The molecule has 4 nitrogen and oxygen atoms in total. The maximum Gasteiger partial charge on any atom is 0.209 e. The third-order valence-corrected chi connectivity index (χ3v) is 2.99. The van der Waals surface area contributed by atoms with Gasteiger partial charge in [0.1, 0.15) is 0 Å². The van der Waals surface area contributed by atoms with Crippen LogP contribution in [-0.2, 0) is 0 Å². The molecule has 0 bridgehead atoms. The molecular weight excluding hydrogens is 284 g/mol. The quantitative estimate of drug-likeness (QED) is 0.520. The van der Waals surface area contributed by atoms with E-state index in [2.05, 4.69) is 39.8 Å². The molecule has 0 radical (unpaired) electrons. The Balaban J connectivity index is 0.00000220. The molecule has 0 atom stereocenters. The van der Waals surface area contributed by atoms with Crippen molar-refractivity contribution in [1.29, 1.82) is 0 Å². The van der Waals surface area contributed by atoms with E-state index in [0.717, 1.165) is 11.3 Å². The second-order valence-electron chi connectivity index (χ2n) is 4.36. The number of hydrogen-bond donors (Lipinski definition) is 2. The molecule has 2 aromatic carbocycles. The first-order chi connectivity index (χ1) is 9.70. The van der Waals surface area contributed by atoms with Crippen molar-refractivity contribution >= 4 is 24.1 Å². The number of aliphatic imine (C=N–C) groups is 1. The third kappa shape index (κ3) is 4.61. The van der Waals surface area contributed by atoms with Gasteiger partial charge in [-0.3, -0.25) is 4.99 Å². The molecule has 0 saturated carbocycles. The van der Waals surface area contributed by atoms with E-state index in [0.29, 0.717) is 5.96 Å². The highest BCUT2D eigenvalue weighted by atomic mass is 35.5. The van der Waals surface area contributed by atoms with E-state index in [1.165, 1.54) is 11.1 Å². The van der Waals surface area contributed by atoms with Crippen molar-refractivity contribution in [2.75, 3.05) is 7.05 Å². The van der Waals surface area contributed by atoms with Crippen molar-refractivity contribution < 1.29 is 0 Å². The van der Waals surface area contributed by atoms with Gasteiger partial charge in [0.05, 0.1) is 5.71 Å². The van der Waals surface area contributed by atoms with Crippen molar-refractivity contribution in [1.82, 2.24) is 5.43 Å². The molecule has 0 saturated heterocycles. The smallest absolute Gasteiger partial charge is 0.209 e. The van der Waals surface area contributed by atoms with E-state index >= 15 is 0 Å². The van der Waals surface area contributed by atoms with Gasteiger partial charge in [0.2, 0.25) is 5.96 Å². The SMILES string of the molecule is CN=C(N)NN=C(C)c1ccc(-c2ccccc2)cc1.Cl. The Hall–Kier alpha value is -2.33. The minimum atomic E-state index is 0. The zero-order valence-corrected chi connectivity index (χ0v) is 12.9. The van der Waals surface area contributed by atoms with Crippen LogP contribution in [0.25, 0.3) is 11.1 Å². The summed E-state index contributed by atoms with van der Waals surface area (Å²) in [5, 5.41) is 4.18. The lowest BCUT2D eigenvalue weighted by Crippen LogP contribution is -2.27.